The third-order valence-electron chi connectivity index (χ3n) is 1.41. The van der Waals surface area contributed by atoms with Crippen LogP contribution in [0.4, 0.5) is 0 Å². The molecule has 1 aromatic rings. The molecule has 1 aromatic heterocycles. The average Bonchev–Trinajstić information content (AvgIpc) is 2.39. The summed E-state index contributed by atoms with van der Waals surface area (Å²) in [5.74, 6) is 0.628. The molecule has 64 valence electrons. The van der Waals surface area contributed by atoms with Gasteiger partial charge < -0.3 is 0 Å². The Kier molecular flexibility index (Phi) is 5.12. The van der Waals surface area contributed by atoms with Crippen molar-refractivity contribution in [2.24, 2.45) is 0 Å². The Morgan fingerprint density at radius 2 is 1.91 bits per heavy atom. The van der Waals surface area contributed by atoms with E-state index in [4.69, 9.17) is 0 Å². The van der Waals surface area contributed by atoms with Gasteiger partial charge in [0.25, 0.3) is 0 Å². The maximum Gasteiger partial charge on any atom is 0.0545 e. The van der Waals surface area contributed by atoms with Crippen molar-refractivity contribution in [2.75, 3.05) is 0 Å². The zero-order valence-electron chi connectivity index (χ0n) is 8.01. The Bertz CT molecular complexity index is 191. The summed E-state index contributed by atoms with van der Waals surface area (Å²) in [6, 6.07) is 0. The molecular formula is C9H17NS. The summed E-state index contributed by atoms with van der Waals surface area (Å²) in [6.45, 7) is 10.4. The minimum atomic E-state index is 0.628. The first-order valence-corrected chi connectivity index (χ1v) is 4.96. The van der Waals surface area contributed by atoms with Crippen molar-refractivity contribution in [2.45, 2.75) is 40.5 Å². The summed E-state index contributed by atoms with van der Waals surface area (Å²) in [5, 5.41) is 2.12. The topological polar surface area (TPSA) is 12.9 Å². The summed E-state index contributed by atoms with van der Waals surface area (Å²) in [4.78, 5) is 0. The lowest BCUT2D eigenvalue weighted by atomic mass is 10.1. The van der Waals surface area contributed by atoms with Crippen LogP contribution in [-0.2, 0) is 0 Å². The number of rotatable bonds is 1. The summed E-state index contributed by atoms with van der Waals surface area (Å²) in [7, 11) is 0. The van der Waals surface area contributed by atoms with E-state index in [9.17, 15) is 0 Å². The third-order valence-corrected chi connectivity index (χ3v) is 2.15. The van der Waals surface area contributed by atoms with E-state index >= 15 is 0 Å². The summed E-state index contributed by atoms with van der Waals surface area (Å²) in [6.07, 6.45) is 0. The second-order valence-electron chi connectivity index (χ2n) is 2.51. The molecule has 0 saturated heterocycles. The van der Waals surface area contributed by atoms with E-state index in [0.717, 1.165) is 0 Å². The largest absolute Gasteiger partial charge is 0.198 e. The summed E-state index contributed by atoms with van der Waals surface area (Å²) in [5.41, 5.74) is 2.58. The second kappa shape index (κ2) is 5.30. The highest BCUT2D eigenvalue weighted by Crippen LogP contribution is 2.18. The summed E-state index contributed by atoms with van der Waals surface area (Å²) >= 11 is 1.54. The molecule has 0 aliphatic carbocycles. The SMILES string of the molecule is CC.Cc1nscc1C(C)C. The monoisotopic (exact) mass is 171 g/mol. The van der Waals surface area contributed by atoms with Crippen molar-refractivity contribution in [1.82, 2.24) is 4.37 Å². The fourth-order valence-electron chi connectivity index (χ4n) is 0.854. The van der Waals surface area contributed by atoms with E-state index in [1.165, 1.54) is 11.3 Å². The van der Waals surface area contributed by atoms with Crippen molar-refractivity contribution >= 4 is 11.5 Å². The van der Waals surface area contributed by atoms with Crippen LogP contribution < -0.4 is 0 Å². The highest BCUT2D eigenvalue weighted by molar-refractivity contribution is 7.03. The molecule has 0 unspecified atom stereocenters. The molecule has 0 atom stereocenters. The first-order valence-electron chi connectivity index (χ1n) is 4.12. The van der Waals surface area contributed by atoms with Gasteiger partial charge in [-0.25, -0.2) is 0 Å². The van der Waals surface area contributed by atoms with Crippen LogP contribution in [0, 0.1) is 6.92 Å². The Balaban J connectivity index is 0.000000461. The quantitative estimate of drug-likeness (QED) is 0.629. The van der Waals surface area contributed by atoms with Crippen molar-refractivity contribution in [1.29, 1.82) is 0 Å². The van der Waals surface area contributed by atoms with Gasteiger partial charge in [-0.1, -0.05) is 27.7 Å². The Morgan fingerprint density at radius 1 is 1.36 bits per heavy atom. The highest BCUT2D eigenvalue weighted by Gasteiger charge is 2.03. The molecular weight excluding hydrogens is 154 g/mol. The van der Waals surface area contributed by atoms with E-state index in [-0.39, 0.29) is 0 Å². The van der Waals surface area contributed by atoms with Crippen LogP contribution in [0.5, 0.6) is 0 Å². The molecule has 0 radical (unpaired) electrons. The molecule has 0 saturated carbocycles. The van der Waals surface area contributed by atoms with Crippen LogP contribution in [-0.4, -0.2) is 4.37 Å². The molecule has 1 nitrogen and oxygen atoms in total. The maximum atomic E-state index is 4.18. The average molecular weight is 171 g/mol. The zero-order valence-corrected chi connectivity index (χ0v) is 8.83. The fourth-order valence-corrected chi connectivity index (χ4v) is 1.73. The van der Waals surface area contributed by atoms with Crippen molar-refractivity contribution in [3.05, 3.63) is 16.6 Å². The minimum Gasteiger partial charge on any atom is -0.198 e. The van der Waals surface area contributed by atoms with Gasteiger partial charge >= 0.3 is 0 Å². The molecule has 0 bridgehead atoms. The molecule has 0 aromatic carbocycles. The van der Waals surface area contributed by atoms with E-state index in [0.29, 0.717) is 5.92 Å². The zero-order chi connectivity index (χ0) is 8.85. The Hall–Kier alpha value is -0.370. The van der Waals surface area contributed by atoms with E-state index in [1.54, 1.807) is 11.5 Å². The van der Waals surface area contributed by atoms with Crippen LogP contribution >= 0.6 is 11.5 Å². The molecule has 0 aliphatic heterocycles. The van der Waals surface area contributed by atoms with Crippen molar-refractivity contribution in [3.8, 4) is 0 Å². The predicted octanol–water partition coefficient (Wildman–Crippen LogP) is 3.60. The van der Waals surface area contributed by atoms with Crippen molar-refractivity contribution in [3.63, 3.8) is 0 Å². The van der Waals surface area contributed by atoms with E-state index in [2.05, 4.69) is 30.5 Å². The lowest BCUT2D eigenvalue weighted by Gasteiger charge is -1.99. The molecule has 1 heterocycles. The molecule has 0 fully saturated rings. The first-order chi connectivity index (χ1) is 5.22. The molecule has 0 N–H and O–H groups in total. The molecule has 2 heteroatoms. The van der Waals surface area contributed by atoms with Gasteiger partial charge in [0.2, 0.25) is 0 Å². The van der Waals surface area contributed by atoms with E-state index < -0.39 is 0 Å². The Morgan fingerprint density at radius 3 is 2.09 bits per heavy atom. The van der Waals surface area contributed by atoms with E-state index in [1.807, 2.05) is 13.8 Å². The fraction of sp³-hybridized carbons (Fsp3) is 0.667. The van der Waals surface area contributed by atoms with Gasteiger partial charge in [0, 0.05) is 5.38 Å². The molecule has 0 spiro atoms. The molecule has 0 amide bonds. The van der Waals surface area contributed by atoms with Gasteiger partial charge in [-0.15, -0.1) is 0 Å². The molecule has 0 aliphatic rings. The molecule has 1 rings (SSSR count). The minimum absolute atomic E-state index is 0.628. The third kappa shape index (κ3) is 3.02. The van der Waals surface area contributed by atoms with Crippen LogP contribution in [0.2, 0.25) is 0 Å². The molecule has 11 heavy (non-hydrogen) atoms. The van der Waals surface area contributed by atoms with Gasteiger partial charge in [0.05, 0.1) is 5.69 Å². The second-order valence-corrected chi connectivity index (χ2v) is 3.14. The number of hydrogen-bond donors (Lipinski definition) is 0. The van der Waals surface area contributed by atoms with Crippen molar-refractivity contribution < 1.29 is 0 Å². The normalized spacial score (nSPS) is 9.27. The van der Waals surface area contributed by atoms with Gasteiger partial charge in [-0.05, 0) is 29.9 Å². The number of aromatic nitrogens is 1. The van der Waals surface area contributed by atoms with Gasteiger partial charge in [-0.3, -0.25) is 0 Å². The number of nitrogens with zero attached hydrogens (tertiary/aromatic N) is 1. The van der Waals surface area contributed by atoms with Gasteiger partial charge in [0.15, 0.2) is 0 Å². The highest BCUT2D eigenvalue weighted by atomic mass is 32.1. The lowest BCUT2D eigenvalue weighted by Crippen LogP contribution is -1.86. The maximum absolute atomic E-state index is 4.18. The van der Waals surface area contributed by atoms with Gasteiger partial charge in [0.1, 0.15) is 0 Å². The smallest absolute Gasteiger partial charge is 0.0545 e. The number of aryl methyl sites for hydroxylation is 1. The first kappa shape index (κ1) is 10.6. The van der Waals surface area contributed by atoms with Crippen LogP contribution in [0.3, 0.4) is 0 Å². The lowest BCUT2D eigenvalue weighted by molar-refractivity contribution is 0.857. The van der Waals surface area contributed by atoms with Crippen LogP contribution in [0.15, 0.2) is 5.38 Å². The number of hydrogen-bond acceptors (Lipinski definition) is 2. The standard InChI is InChI=1S/C7H11NS.C2H6/c1-5(2)7-4-9-8-6(7)3;1-2/h4-5H,1-3H3;1-2H3. The van der Waals surface area contributed by atoms with Crippen LogP contribution in [0.1, 0.15) is 44.9 Å². The predicted molar refractivity (Wildman–Crippen MR) is 52.3 cm³/mol. The van der Waals surface area contributed by atoms with Crippen LogP contribution in [0.25, 0.3) is 0 Å². The summed E-state index contributed by atoms with van der Waals surface area (Å²) < 4.78 is 4.18. The van der Waals surface area contributed by atoms with Gasteiger partial charge in [-0.2, -0.15) is 4.37 Å². The Labute approximate surface area is 73.6 Å².